The van der Waals surface area contributed by atoms with E-state index in [0.29, 0.717) is 0 Å². The van der Waals surface area contributed by atoms with Crippen LogP contribution in [0, 0.1) is 0 Å². The van der Waals surface area contributed by atoms with E-state index in [-0.39, 0.29) is 11.4 Å². The van der Waals surface area contributed by atoms with Crippen LogP contribution in [0.15, 0.2) is 18.3 Å². The van der Waals surface area contributed by atoms with Crippen LogP contribution in [0.3, 0.4) is 0 Å². The zero-order valence-electron chi connectivity index (χ0n) is 11.2. The van der Waals surface area contributed by atoms with Crippen molar-refractivity contribution < 1.29 is 37.0 Å². The predicted molar refractivity (Wildman–Crippen MR) is 65.2 cm³/mol. The molecule has 0 bridgehead atoms. The molecular formula is C12H12F4N2O4. The molecule has 0 saturated heterocycles. The van der Waals surface area contributed by atoms with Gasteiger partial charge in [0.05, 0.1) is 5.56 Å². The number of rotatable bonds is 7. The summed E-state index contributed by atoms with van der Waals surface area (Å²) in [5.41, 5.74) is -0.0407. The van der Waals surface area contributed by atoms with Gasteiger partial charge in [0.2, 0.25) is 5.88 Å². The third-order valence-corrected chi connectivity index (χ3v) is 2.45. The van der Waals surface area contributed by atoms with E-state index in [1.807, 2.05) is 0 Å². The topological polar surface area (TPSA) is 88.5 Å². The van der Waals surface area contributed by atoms with Gasteiger partial charge in [-0.25, -0.2) is 13.8 Å². The van der Waals surface area contributed by atoms with Crippen LogP contribution in [0.1, 0.15) is 17.3 Å². The number of halogens is 4. The molecule has 0 aliphatic heterocycles. The number of hydrogen-bond donors (Lipinski definition) is 2. The summed E-state index contributed by atoms with van der Waals surface area (Å²) in [6.07, 6.45) is -2.92. The second-order valence-corrected chi connectivity index (χ2v) is 4.27. The summed E-state index contributed by atoms with van der Waals surface area (Å²) in [5, 5.41) is 10.8. The first kappa shape index (κ1) is 17.7. The Balaban J connectivity index is 2.63. The number of nitrogens with one attached hydrogen (secondary N) is 1. The molecule has 10 heteroatoms. The first-order valence-electron chi connectivity index (χ1n) is 5.92. The molecule has 2 N–H and O–H groups in total. The number of hydrogen-bond acceptors (Lipinski definition) is 4. The van der Waals surface area contributed by atoms with Crippen molar-refractivity contribution in [2.45, 2.75) is 25.3 Å². The summed E-state index contributed by atoms with van der Waals surface area (Å²) >= 11 is 0. The molecule has 1 atom stereocenters. The Morgan fingerprint density at radius 3 is 2.50 bits per heavy atom. The van der Waals surface area contributed by atoms with Crippen molar-refractivity contribution in [2.75, 3.05) is 6.61 Å². The van der Waals surface area contributed by atoms with Gasteiger partial charge < -0.3 is 15.2 Å². The van der Waals surface area contributed by atoms with Crippen LogP contribution < -0.4 is 10.1 Å². The van der Waals surface area contributed by atoms with E-state index in [9.17, 15) is 27.2 Å². The molecule has 0 aliphatic carbocycles. The lowest BCUT2D eigenvalue weighted by atomic mass is 10.2. The lowest BCUT2D eigenvalue weighted by Crippen LogP contribution is -2.38. The standard InChI is InChI=1S/C12H12F4N2O4/c1-6(10(20)21)18-9(19)7-2-3-8(17-4-7)22-5-12(15,16)11(13)14/h2-4,6,11H,5H2,1H3,(H,18,19)(H,20,21)/t6-/m0/s1. The molecule has 0 unspecified atom stereocenters. The van der Waals surface area contributed by atoms with Gasteiger partial charge in [0.15, 0.2) is 6.61 Å². The predicted octanol–water partition coefficient (Wildman–Crippen LogP) is 1.56. The van der Waals surface area contributed by atoms with Gasteiger partial charge in [0, 0.05) is 12.3 Å². The fourth-order valence-corrected chi connectivity index (χ4v) is 1.17. The number of carboxylic acids is 1. The highest BCUT2D eigenvalue weighted by Crippen LogP contribution is 2.23. The molecule has 1 heterocycles. The summed E-state index contributed by atoms with van der Waals surface area (Å²) in [4.78, 5) is 25.7. The molecular weight excluding hydrogens is 312 g/mol. The van der Waals surface area contributed by atoms with E-state index in [0.717, 1.165) is 18.3 Å². The molecule has 1 rings (SSSR count). The van der Waals surface area contributed by atoms with Crippen LogP contribution in [0.25, 0.3) is 0 Å². The van der Waals surface area contributed by atoms with Gasteiger partial charge in [-0.1, -0.05) is 0 Å². The van der Waals surface area contributed by atoms with Crippen molar-refractivity contribution in [2.24, 2.45) is 0 Å². The van der Waals surface area contributed by atoms with Gasteiger partial charge >= 0.3 is 18.3 Å². The number of amides is 1. The first-order valence-corrected chi connectivity index (χ1v) is 5.92. The molecule has 0 saturated carbocycles. The number of carbonyl (C=O) groups is 2. The Bertz CT molecular complexity index is 536. The lowest BCUT2D eigenvalue weighted by Gasteiger charge is -2.15. The minimum absolute atomic E-state index is 0.0407. The maximum atomic E-state index is 12.6. The number of aromatic nitrogens is 1. The zero-order valence-corrected chi connectivity index (χ0v) is 11.2. The van der Waals surface area contributed by atoms with Crippen molar-refractivity contribution in [3.63, 3.8) is 0 Å². The van der Waals surface area contributed by atoms with Crippen molar-refractivity contribution in [1.29, 1.82) is 0 Å². The second-order valence-electron chi connectivity index (χ2n) is 4.27. The highest BCUT2D eigenvalue weighted by Gasteiger charge is 2.41. The van der Waals surface area contributed by atoms with E-state index in [2.05, 4.69) is 15.0 Å². The van der Waals surface area contributed by atoms with Gasteiger partial charge in [-0.2, -0.15) is 8.78 Å². The van der Waals surface area contributed by atoms with Gasteiger partial charge in [0.25, 0.3) is 5.91 Å². The van der Waals surface area contributed by atoms with Crippen molar-refractivity contribution >= 4 is 11.9 Å². The molecule has 0 aromatic carbocycles. The monoisotopic (exact) mass is 324 g/mol. The average molecular weight is 324 g/mol. The van der Waals surface area contributed by atoms with Crippen molar-refractivity contribution in [1.82, 2.24) is 10.3 Å². The summed E-state index contributed by atoms with van der Waals surface area (Å²) in [7, 11) is 0. The van der Waals surface area contributed by atoms with Gasteiger partial charge in [0.1, 0.15) is 6.04 Å². The largest absolute Gasteiger partial charge is 0.480 e. The van der Waals surface area contributed by atoms with Gasteiger partial charge in [-0.15, -0.1) is 0 Å². The molecule has 0 aliphatic rings. The van der Waals surface area contributed by atoms with E-state index in [1.54, 1.807) is 0 Å². The zero-order chi connectivity index (χ0) is 16.9. The molecule has 0 spiro atoms. The lowest BCUT2D eigenvalue weighted by molar-refractivity contribution is -0.148. The molecule has 122 valence electrons. The maximum absolute atomic E-state index is 12.6. The molecule has 0 radical (unpaired) electrons. The molecule has 1 amide bonds. The quantitative estimate of drug-likeness (QED) is 0.743. The second kappa shape index (κ2) is 7.05. The Labute approximate surface area is 122 Å². The van der Waals surface area contributed by atoms with Crippen LogP contribution in [-0.4, -0.2) is 47.0 Å². The number of carboxylic acid groups (broad SMARTS) is 1. The summed E-state index contributed by atoms with van der Waals surface area (Å²) in [6, 6.07) is 1.03. The van der Waals surface area contributed by atoms with Crippen LogP contribution >= 0.6 is 0 Å². The third-order valence-electron chi connectivity index (χ3n) is 2.45. The average Bonchev–Trinajstić information content (AvgIpc) is 2.45. The SMILES string of the molecule is C[C@H](NC(=O)c1ccc(OCC(F)(F)C(F)F)nc1)C(=O)O. The number of aliphatic carboxylic acids is 1. The molecule has 1 aromatic heterocycles. The van der Waals surface area contributed by atoms with E-state index < -0.39 is 36.9 Å². The summed E-state index contributed by atoms with van der Waals surface area (Å²) in [5.74, 6) is -6.67. The summed E-state index contributed by atoms with van der Waals surface area (Å²) < 4.78 is 53.5. The number of carbonyl (C=O) groups excluding carboxylic acids is 1. The Morgan fingerprint density at radius 1 is 1.41 bits per heavy atom. The fraction of sp³-hybridized carbons (Fsp3) is 0.417. The normalized spacial score (nSPS) is 12.8. The van der Waals surface area contributed by atoms with Crippen molar-refractivity contribution in [3.8, 4) is 5.88 Å². The van der Waals surface area contributed by atoms with E-state index in [1.165, 1.54) is 6.92 Å². The van der Waals surface area contributed by atoms with Crippen molar-refractivity contribution in [3.05, 3.63) is 23.9 Å². The van der Waals surface area contributed by atoms with Crippen LogP contribution in [-0.2, 0) is 4.79 Å². The minimum atomic E-state index is -4.31. The Kier molecular flexibility index (Phi) is 5.66. The summed E-state index contributed by atoms with van der Waals surface area (Å²) in [6.45, 7) is -0.309. The highest BCUT2D eigenvalue weighted by molar-refractivity contribution is 5.96. The number of alkyl halides is 4. The number of pyridine rings is 1. The Morgan fingerprint density at radius 2 is 2.05 bits per heavy atom. The third kappa shape index (κ3) is 4.86. The smallest absolute Gasteiger partial charge is 0.340 e. The first-order chi connectivity index (χ1) is 10.1. The molecule has 0 fully saturated rings. The number of ether oxygens (including phenoxy) is 1. The Hall–Kier alpha value is -2.39. The van der Waals surface area contributed by atoms with Crippen LogP contribution in [0.2, 0.25) is 0 Å². The van der Waals surface area contributed by atoms with Crippen LogP contribution in [0.5, 0.6) is 5.88 Å². The molecule has 22 heavy (non-hydrogen) atoms. The maximum Gasteiger partial charge on any atom is 0.340 e. The molecule has 6 nitrogen and oxygen atoms in total. The number of nitrogens with zero attached hydrogens (tertiary/aromatic N) is 1. The highest BCUT2D eigenvalue weighted by atomic mass is 19.3. The van der Waals surface area contributed by atoms with Gasteiger partial charge in [-0.3, -0.25) is 9.59 Å². The van der Waals surface area contributed by atoms with Gasteiger partial charge in [-0.05, 0) is 13.0 Å². The molecule has 1 aromatic rings. The fourth-order valence-electron chi connectivity index (χ4n) is 1.17. The van der Waals surface area contributed by atoms with Crippen LogP contribution in [0.4, 0.5) is 17.6 Å². The van der Waals surface area contributed by atoms with E-state index in [4.69, 9.17) is 5.11 Å². The minimum Gasteiger partial charge on any atom is -0.480 e. The van der Waals surface area contributed by atoms with E-state index >= 15 is 0 Å².